The number of phenolic OH excluding ortho intramolecular Hbond substituents is 1. The average molecular weight is 310 g/mol. The molecule has 0 radical (unpaired) electrons. The Hall–Kier alpha value is -1.60. The summed E-state index contributed by atoms with van der Waals surface area (Å²) >= 11 is 0. The van der Waals surface area contributed by atoms with Gasteiger partial charge in [0, 0.05) is 29.7 Å². The van der Waals surface area contributed by atoms with Crippen LogP contribution in [0.5, 0.6) is 5.75 Å². The van der Waals surface area contributed by atoms with Crippen molar-refractivity contribution >= 4 is 18.6 Å². The third kappa shape index (κ3) is 3.98. The second-order valence-electron chi connectivity index (χ2n) is 6.10. The lowest BCUT2D eigenvalue weighted by molar-refractivity contribution is -0.142. The Kier molecular flexibility index (Phi) is 5.08. The summed E-state index contributed by atoms with van der Waals surface area (Å²) in [5.41, 5.74) is 0.176. The zero-order valence-electron chi connectivity index (χ0n) is 13.0. The molecule has 0 atom stereocenters. The van der Waals surface area contributed by atoms with E-state index in [1.54, 1.807) is 6.92 Å². The number of phenols is 1. The van der Waals surface area contributed by atoms with E-state index in [4.69, 9.17) is 14.0 Å². The van der Waals surface area contributed by atoms with E-state index >= 15 is 0 Å². The highest BCUT2D eigenvalue weighted by Gasteiger charge is 2.35. The summed E-state index contributed by atoms with van der Waals surface area (Å²) in [5.74, 6) is -1.28. The molecule has 1 fully saturated rings. The van der Waals surface area contributed by atoms with Crippen LogP contribution >= 0.6 is 0 Å². The normalized spacial score (nSPS) is 17.4. The zero-order valence-corrected chi connectivity index (χ0v) is 13.0. The standard InChI is InChI=1S/C15H20BFO5/c1-4-20-14(19)6-10-5-12(17)11(7-13(10)18)16-21-8-15(2,3)9-22-16/h5,7,18H,4,6,8-9H2,1-3H3. The smallest absolute Gasteiger partial charge is 0.497 e. The van der Waals surface area contributed by atoms with Gasteiger partial charge in [-0.2, -0.15) is 0 Å². The fraction of sp³-hybridized carbons (Fsp3) is 0.533. The predicted octanol–water partition coefficient (Wildman–Crippen LogP) is 1.41. The van der Waals surface area contributed by atoms with Crippen molar-refractivity contribution in [1.82, 2.24) is 0 Å². The van der Waals surface area contributed by atoms with Gasteiger partial charge >= 0.3 is 13.1 Å². The SMILES string of the molecule is CCOC(=O)Cc1cc(F)c(B2OCC(C)(C)CO2)cc1O. The van der Waals surface area contributed by atoms with Gasteiger partial charge < -0.3 is 19.2 Å². The molecule has 2 rings (SSSR count). The third-order valence-corrected chi connectivity index (χ3v) is 3.34. The third-order valence-electron chi connectivity index (χ3n) is 3.34. The zero-order chi connectivity index (χ0) is 16.3. The van der Waals surface area contributed by atoms with Crippen molar-refractivity contribution < 1.29 is 28.3 Å². The number of esters is 1. The molecule has 0 bridgehead atoms. The number of halogens is 1. The van der Waals surface area contributed by atoms with Gasteiger partial charge in [-0.05, 0) is 19.1 Å². The number of carbonyl (C=O) groups excluding carboxylic acids is 1. The molecule has 120 valence electrons. The second-order valence-corrected chi connectivity index (χ2v) is 6.10. The van der Waals surface area contributed by atoms with Crippen molar-refractivity contribution in [2.45, 2.75) is 27.2 Å². The van der Waals surface area contributed by atoms with Crippen LogP contribution in [0.15, 0.2) is 12.1 Å². The topological polar surface area (TPSA) is 65.0 Å². The Balaban J connectivity index is 2.15. The number of ether oxygens (including phenoxy) is 1. The molecule has 1 aliphatic rings. The molecule has 1 N–H and O–H groups in total. The molecule has 1 aromatic rings. The Morgan fingerprint density at radius 2 is 2.05 bits per heavy atom. The summed E-state index contributed by atoms with van der Waals surface area (Å²) in [7, 11) is -0.851. The first-order chi connectivity index (χ1) is 10.3. The van der Waals surface area contributed by atoms with Crippen LogP contribution in [-0.4, -0.2) is 38.0 Å². The summed E-state index contributed by atoms with van der Waals surface area (Å²) in [6.45, 7) is 6.75. The van der Waals surface area contributed by atoms with Gasteiger partial charge in [0.2, 0.25) is 0 Å². The number of aromatic hydroxyl groups is 1. The van der Waals surface area contributed by atoms with Gasteiger partial charge in [0.05, 0.1) is 13.0 Å². The van der Waals surface area contributed by atoms with Crippen LogP contribution in [0, 0.1) is 11.2 Å². The molecule has 1 aliphatic heterocycles. The van der Waals surface area contributed by atoms with Crippen LogP contribution in [-0.2, 0) is 25.3 Å². The van der Waals surface area contributed by atoms with E-state index in [2.05, 4.69) is 0 Å². The lowest BCUT2D eigenvalue weighted by Crippen LogP contribution is -2.48. The summed E-state index contributed by atoms with van der Waals surface area (Å²) in [6.07, 6.45) is -0.184. The molecule has 0 aromatic heterocycles. The van der Waals surface area contributed by atoms with Crippen molar-refractivity contribution in [3.05, 3.63) is 23.5 Å². The molecule has 22 heavy (non-hydrogen) atoms. The first-order valence-corrected chi connectivity index (χ1v) is 7.22. The maximum Gasteiger partial charge on any atom is 0.497 e. The molecule has 7 heteroatoms. The molecule has 1 saturated heterocycles. The van der Waals surface area contributed by atoms with Gasteiger partial charge in [-0.15, -0.1) is 0 Å². The Morgan fingerprint density at radius 1 is 1.41 bits per heavy atom. The van der Waals surface area contributed by atoms with Crippen molar-refractivity contribution in [2.24, 2.45) is 5.41 Å². The van der Waals surface area contributed by atoms with Crippen molar-refractivity contribution in [3.63, 3.8) is 0 Å². The monoisotopic (exact) mass is 310 g/mol. The van der Waals surface area contributed by atoms with Gasteiger partial charge in [0.25, 0.3) is 0 Å². The van der Waals surface area contributed by atoms with Crippen LogP contribution in [0.2, 0.25) is 0 Å². The summed E-state index contributed by atoms with van der Waals surface area (Å²) in [5, 5.41) is 9.98. The van der Waals surface area contributed by atoms with E-state index < -0.39 is 18.9 Å². The molecule has 5 nitrogen and oxygen atoms in total. The van der Waals surface area contributed by atoms with Crippen LogP contribution in [0.3, 0.4) is 0 Å². The molecule has 0 saturated carbocycles. The average Bonchev–Trinajstić information content (AvgIpc) is 2.43. The number of carbonyl (C=O) groups is 1. The minimum Gasteiger partial charge on any atom is -0.508 e. The Labute approximate surface area is 129 Å². The van der Waals surface area contributed by atoms with E-state index in [0.717, 1.165) is 6.07 Å². The van der Waals surface area contributed by atoms with Gasteiger partial charge in [-0.1, -0.05) is 13.8 Å². The van der Waals surface area contributed by atoms with Crippen LogP contribution in [0.25, 0.3) is 0 Å². The molecule has 0 unspecified atom stereocenters. The maximum absolute atomic E-state index is 14.2. The van der Waals surface area contributed by atoms with Crippen LogP contribution in [0.4, 0.5) is 4.39 Å². The fourth-order valence-corrected chi connectivity index (χ4v) is 2.18. The highest BCUT2D eigenvalue weighted by atomic mass is 19.1. The fourth-order valence-electron chi connectivity index (χ4n) is 2.18. The number of benzene rings is 1. The van der Waals surface area contributed by atoms with Crippen LogP contribution in [0.1, 0.15) is 26.3 Å². The highest BCUT2D eigenvalue weighted by Crippen LogP contribution is 2.24. The van der Waals surface area contributed by atoms with Crippen molar-refractivity contribution in [1.29, 1.82) is 0 Å². The van der Waals surface area contributed by atoms with Gasteiger partial charge in [0.15, 0.2) is 0 Å². The lowest BCUT2D eigenvalue weighted by Gasteiger charge is -2.33. The second kappa shape index (κ2) is 6.66. The van der Waals surface area contributed by atoms with Crippen molar-refractivity contribution in [2.75, 3.05) is 19.8 Å². The molecular weight excluding hydrogens is 290 g/mol. The summed E-state index contributed by atoms with van der Waals surface area (Å²) in [4.78, 5) is 11.4. The van der Waals surface area contributed by atoms with E-state index in [1.165, 1.54) is 6.07 Å². The van der Waals surface area contributed by atoms with E-state index in [0.29, 0.717) is 13.2 Å². The summed E-state index contributed by atoms with van der Waals surface area (Å²) < 4.78 is 30.0. The largest absolute Gasteiger partial charge is 0.508 e. The Morgan fingerprint density at radius 3 is 2.64 bits per heavy atom. The predicted molar refractivity (Wildman–Crippen MR) is 79.5 cm³/mol. The van der Waals surface area contributed by atoms with Gasteiger partial charge in [0.1, 0.15) is 11.6 Å². The molecule has 0 aliphatic carbocycles. The first-order valence-electron chi connectivity index (χ1n) is 7.22. The molecule has 0 spiro atoms. The summed E-state index contributed by atoms with van der Waals surface area (Å²) in [6, 6.07) is 2.36. The maximum atomic E-state index is 14.2. The number of hydrogen-bond acceptors (Lipinski definition) is 5. The van der Waals surface area contributed by atoms with Crippen LogP contribution < -0.4 is 5.46 Å². The van der Waals surface area contributed by atoms with E-state index in [9.17, 15) is 14.3 Å². The Bertz CT molecular complexity index is 551. The first kappa shape index (κ1) is 16.8. The quantitative estimate of drug-likeness (QED) is 0.673. The van der Waals surface area contributed by atoms with E-state index in [-0.39, 0.29) is 35.2 Å². The number of rotatable bonds is 4. The molecule has 0 amide bonds. The highest BCUT2D eigenvalue weighted by molar-refractivity contribution is 6.61. The van der Waals surface area contributed by atoms with Gasteiger partial charge in [-0.25, -0.2) is 4.39 Å². The van der Waals surface area contributed by atoms with E-state index in [1.807, 2.05) is 13.8 Å². The van der Waals surface area contributed by atoms with Crippen molar-refractivity contribution in [3.8, 4) is 5.75 Å². The lowest BCUT2D eigenvalue weighted by atomic mass is 9.75. The molecular formula is C15H20BFO5. The number of hydrogen-bond donors (Lipinski definition) is 1. The minimum atomic E-state index is -0.851. The molecule has 1 heterocycles. The molecule has 1 aromatic carbocycles. The van der Waals surface area contributed by atoms with Gasteiger partial charge in [-0.3, -0.25) is 4.79 Å². The minimum absolute atomic E-state index is 0.126.